The van der Waals surface area contributed by atoms with Gasteiger partial charge in [0.25, 0.3) is 0 Å². The van der Waals surface area contributed by atoms with Gasteiger partial charge in [-0.3, -0.25) is 14.5 Å². The number of carbonyl (C=O) groups is 2. The van der Waals surface area contributed by atoms with Crippen LogP contribution in [0, 0.1) is 16.7 Å². The predicted molar refractivity (Wildman–Crippen MR) is 154 cm³/mol. The Morgan fingerprint density at radius 3 is 2.54 bits per heavy atom. The van der Waals surface area contributed by atoms with Gasteiger partial charge in [0.15, 0.2) is 15.9 Å². The fraction of sp³-hybridized carbons (Fsp3) is 0.300. The first kappa shape index (κ1) is 26.9. The summed E-state index contributed by atoms with van der Waals surface area (Å²) in [6.07, 6.45) is 1.89. The van der Waals surface area contributed by atoms with Gasteiger partial charge in [0.05, 0.1) is 23.3 Å². The van der Waals surface area contributed by atoms with Crippen LogP contribution in [0.3, 0.4) is 0 Å². The number of benzene rings is 2. The van der Waals surface area contributed by atoms with E-state index in [1.54, 1.807) is 17.0 Å². The van der Waals surface area contributed by atoms with Crippen molar-refractivity contribution in [3.05, 3.63) is 94.0 Å². The van der Waals surface area contributed by atoms with E-state index < -0.39 is 5.92 Å². The van der Waals surface area contributed by atoms with Gasteiger partial charge >= 0.3 is 0 Å². The SMILES string of the molecule is CCc1ccc(C2C(C#N)=C(N)N(c3nnc(SCC(=O)c4ccccc4)s3)C3=C2C(=O)CC(C)(C)C3)cc1. The topological polar surface area (TPSA) is 113 Å². The number of ketones is 2. The van der Waals surface area contributed by atoms with Crippen LogP contribution in [0.25, 0.3) is 0 Å². The molecule has 5 rings (SSSR count). The number of nitrogens with zero attached hydrogens (tertiary/aromatic N) is 4. The third kappa shape index (κ3) is 5.27. The van der Waals surface area contributed by atoms with Crippen molar-refractivity contribution in [2.75, 3.05) is 10.7 Å². The summed E-state index contributed by atoms with van der Waals surface area (Å²) in [5.41, 5.74) is 10.8. The zero-order valence-electron chi connectivity index (χ0n) is 22.1. The number of anilines is 1. The molecule has 198 valence electrons. The fourth-order valence-corrected chi connectivity index (χ4v) is 6.97. The number of carbonyl (C=O) groups excluding carboxylic acids is 2. The van der Waals surface area contributed by atoms with Crippen molar-refractivity contribution >= 4 is 39.8 Å². The molecule has 0 amide bonds. The zero-order chi connectivity index (χ0) is 27.7. The molecule has 1 aromatic heterocycles. The first-order valence-corrected chi connectivity index (χ1v) is 14.6. The second kappa shape index (κ2) is 10.8. The number of aryl methyl sites for hydroxylation is 1. The van der Waals surface area contributed by atoms with Crippen LogP contribution in [-0.4, -0.2) is 27.5 Å². The Morgan fingerprint density at radius 1 is 1.15 bits per heavy atom. The van der Waals surface area contributed by atoms with Gasteiger partial charge in [-0.25, -0.2) is 0 Å². The first-order chi connectivity index (χ1) is 18.7. The lowest BCUT2D eigenvalue weighted by Crippen LogP contribution is -2.42. The maximum atomic E-state index is 13.7. The van der Waals surface area contributed by atoms with Crippen LogP contribution in [0.2, 0.25) is 0 Å². The number of aromatic nitrogens is 2. The van der Waals surface area contributed by atoms with E-state index in [1.807, 2.05) is 42.5 Å². The Morgan fingerprint density at radius 2 is 1.87 bits per heavy atom. The van der Waals surface area contributed by atoms with Gasteiger partial charge in [-0.15, -0.1) is 10.2 Å². The molecular formula is C30H29N5O2S2. The summed E-state index contributed by atoms with van der Waals surface area (Å²) in [4.78, 5) is 28.0. The quantitative estimate of drug-likeness (QED) is 0.278. The Hall–Kier alpha value is -3.74. The summed E-state index contributed by atoms with van der Waals surface area (Å²) in [6, 6.07) is 19.5. The van der Waals surface area contributed by atoms with E-state index in [2.05, 4.69) is 37.0 Å². The number of nitriles is 1. The minimum Gasteiger partial charge on any atom is -0.384 e. The summed E-state index contributed by atoms with van der Waals surface area (Å²) < 4.78 is 0.612. The van der Waals surface area contributed by atoms with E-state index in [9.17, 15) is 14.9 Å². The molecule has 0 radical (unpaired) electrons. The lowest BCUT2D eigenvalue weighted by atomic mass is 9.68. The van der Waals surface area contributed by atoms with Crippen molar-refractivity contribution < 1.29 is 9.59 Å². The van der Waals surface area contributed by atoms with Crippen LogP contribution in [0.15, 0.2) is 81.6 Å². The molecular weight excluding hydrogens is 526 g/mol. The number of hydrogen-bond acceptors (Lipinski definition) is 9. The molecule has 9 heteroatoms. The lowest BCUT2D eigenvalue weighted by Gasteiger charge is -2.42. The number of rotatable bonds is 7. The van der Waals surface area contributed by atoms with Gasteiger partial charge in [0, 0.05) is 23.3 Å². The third-order valence-corrected chi connectivity index (χ3v) is 9.15. The van der Waals surface area contributed by atoms with Crippen molar-refractivity contribution in [3.63, 3.8) is 0 Å². The van der Waals surface area contributed by atoms with Gasteiger partial charge in [0.2, 0.25) is 5.13 Å². The molecule has 1 unspecified atom stereocenters. The summed E-state index contributed by atoms with van der Waals surface area (Å²) in [6.45, 7) is 6.22. The van der Waals surface area contributed by atoms with E-state index in [4.69, 9.17) is 5.73 Å². The van der Waals surface area contributed by atoms with Crippen molar-refractivity contribution in [1.82, 2.24) is 10.2 Å². The highest BCUT2D eigenvalue weighted by Gasteiger charge is 2.45. The largest absolute Gasteiger partial charge is 0.384 e. The van der Waals surface area contributed by atoms with Crippen molar-refractivity contribution in [1.29, 1.82) is 5.26 Å². The molecule has 1 aliphatic carbocycles. The third-order valence-electron chi connectivity index (χ3n) is 7.11. The van der Waals surface area contributed by atoms with Crippen LogP contribution in [0.1, 0.15) is 61.0 Å². The molecule has 2 N–H and O–H groups in total. The number of nitrogens with two attached hydrogens (primary N) is 1. The monoisotopic (exact) mass is 555 g/mol. The predicted octanol–water partition coefficient (Wildman–Crippen LogP) is 6.02. The fourth-order valence-electron chi connectivity index (χ4n) is 5.19. The van der Waals surface area contributed by atoms with Gasteiger partial charge in [-0.2, -0.15) is 5.26 Å². The molecule has 7 nitrogen and oxygen atoms in total. The molecule has 39 heavy (non-hydrogen) atoms. The molecule has 2 heterocycles. The molecule has 0 saturated carbocycles. The van der Waals surface area contributed by atoms with Gasteiger partial charge < -0.3 is 5.73 Å². The van der Waals surface area contributed by atoms with Gasteiger partial charge in [-0.05, 0) is 29.4 Å². The number of allylic oxidation sites excluding steroid dienone is 3. The van der Waals surface area contributed by atoms with E-state index >= 15 is 0 Å². The highest BCUT2D eigenvalue weighted by molar-refractivity contribution is 8.01. The Bertz CT molecular complexity index is 1530. The van der Waals surface area contributed by atoms with Gasteiger partial charge in [0.1, 0.15) is 5.82 Å². The highest BCUT2D eigenvalue weighted by atomic mass is 32.2. The van der Waals surface area contributed by atoms with Crippen LogP contribution in [0.4, 0.5) is 5.13 Å². The minimum absolute atomic E-state index is 0.00283. The highest BCUT2D eigenvalue weighted by Crippen LogP contribution is 2.50. The smallest absolute Gasteiger partial charge is 0.219 e. The van der Waals surface area contributed by atoms with E-state index in [0.29, 0.717) is 39.0 Å². The van der Waals surface area contributed by atoms with Crippen LogP contribution in [0.5, 0.6) is 0 Å². The first-order valence-electron chi connectivity index (χ1n) is 12.8. The van der Waals surface area contributed by atoms with E-state index in [-0.39, 0.29) is 28.6 Å². The van der Waals surface area contributed by atoms with Gasteiger partial charge in [-0.1, -0.05) is 98.5 Å². The standard InChI is InChI=1S/C30H29N5O2S2/c1-4-18-10-12-20(13-11-18)25-21(16-31)27(32)35(22-14-30(2,3)15-23(36)26(22)25)28-33-34-29(39-28)38-17-24(37)19-8-6-5-7-9-19/h5-13,25H,4,14-15,17,32H2,1-3H3. The molecule has 1 atom stereocenters. The molecule has 2 aliphatic rings. The second-order valence-corrected chi connectivity index (χ2v) is 12.7. The maximum Gasteiger partial charge on any atom is 0.219 e. The Kier molecular flexibility index (Phi) is 7.43. The zero-order valence-corrected chi connectivity index (χ0v) is 23.7. The van der Waals surface area contributed by atoms with Crippen molar-refractivity contribution in [3.8, 4) is 6.07 Å². The number of thioether (sulfide) groups is 1. The summed E-state index contributed by atoms with van der Waals surface area (Å²) in [5, 5.41) is 19.4. The minimum atomic E-state index is -0.527. The Labute approximate surface area is 236 Å². The lowest BCUT2D eigenvalue weighted by molar-refractivity contribution is -0.118. The Balaban J connectivity index is 1.53. The van der Waals surface area contributed by atoms with Crippen LogP contribution >= 0.6 is 23.1 Å². The van der Waals surface area contributed by atoms with Crippen molar-refractivity contribution in [2.24, 2.45) is 11.1 Å². The van der Waals surface area contributed by atoms with Crippen LogP contribution in [-0.2, 0) is 11.2 Å². The average molecular weight is 556 g/mol. The molecule has 0 fully saturated rings. The summed E-state index contributed by atoms with van der Waals surface area (Å²) in [5.74, 6) is -0.0185. The molecule has 0 spiro atoms. The molecule has 3 aromatic rings. The molecule has 0 saturated heterocycles. The van der Waals surface area contributed by atoms with E-state index in [1.165, 1.54) is 28.7 Å². The van der Waals surface area contributed by atoms with Crippen LogP contribution < -0.4 is 10.6 Å². The number of hydrogen-bond donors (Lipinski definition) is 1. The summed E-state index contributed by atoms with van der Waals surface area (Å²) >= 11 is 2.61. The summed E-state index contributed by atoms with van der Waals surface area (Å²) in [7, 11) is 0. The molecule has 0 bridgehead atoms. The molecule has 1 aliphatic heterocycles. The maximum absolute atomic E-state index is 13.7. The second-order valence-electron chi connectivity index (χ2n) is 10.5. The average Bonchev–Trinajstić information content (AvgIpc) is 3.39. The van der Waals surface area contributed by atoms with E-state index in [0.717, 1.165) is 17.7 Å². The molecule has 2 aromatic carbocycles. The van der Waals surface area contributed by atoms with Crippen molar-refractivity contribution in [2.45, 2.75) is 50.3 Å². The normalized spacial score (nSPS) is 18.7. The number of Topliss-reactive ketones (excluding diaryl/α,β-unsaturated/α-hetero) is 2.